The lowest BCUT2D eigenvalue weighted by atomic mass is 10.2. The van der Waals surface area contributed by atoms with Gasteiger partial charge in [0.2, 0.25) is 5.91 Å². The number of carbonyl (C=O) groups excluding carboxylic acids is 1. The summed E-state index contributed by atoms with van der Waals surface area (Å²) in [4.78, 5) is 11.4. The van der Waals surface area contributed by atoms with Crippen molar-refractivity contribution in [2.24, 2.45) is 5.92 Å². The third kappa shape index (κ3) is 2.47. The van der Waals surface area contributed by atoms with Crippen LogP contribution in [0.3, 0.4) is 0 Å². The zero-order chi connectivity index (χ0) is 10.2. The Bertz CT molecular complexity index is 332. The number of carbonyl (C=O) groups is 1. The lowest BCUT2D eigenvalue weighted by Gasteiger charge is -2.22. The summed E-state index contributed by atoms with van der Waals surface area (Å²) in [5.74, 6) is 0.626. The molecule has 2 aliphatic rings. The fraction of sp³-hybridized carbons (Fsp3) is 0.889. The van der Waals surface area contributed by atoms with Crippen molar-refractivity contribution in [2.45, 2.75) is 31.7 Å². The normalized spacial score (nSPS) is 31.0. The molecular formula is C9H15NO3S. The van der Waals surface area contributed by atoms with Gasteiger partial charge < -0.3 is 5.32 Å². The SMILES string of the molecule is O=C(NC1CCCS(=O)(=O)C1)C1CC1. The highest BCUT2D eigenvalue weighted by molar-refractivity contribution is 7.91. The first-order chi connectivity index (χ1) is 6.57. The Morgan fingerprint density at radius 3 is 2.50 bits per heavy atom. The zero-order valence-corrected chi connectivity index (χ0v) is 8.85. The van der Waals surface area contributed by atoms with Gasteiger partial charge in [-0.1, -0.05) is 0 Å². The average Bonchev–Trinajstić information content (AvgIpc) is 2.83. The van der Waals surface area contributed by atoms with E-state index in [1.807, 2.05) is 0 Å². The first-order valence-corrected chi connectivity index (χ1v) is 6.90. The Kier molecular flexibility index (Phi) is 2.51. The highest BCUT2D eigenvalue weighted by atomic mass is 32.2. The number of rotatable bonds is 2. The summed E-state index contributed by atoms with van der Waals surface area (Å²) < 4.78 is 22.6. The summed E-state index contributed by atoms with van der Waals surface area (Å²) in [6.07, 6.45) is 3.41. The minimum atomic E-state index is -2.90. The molecule has 1 amide bonds. The van der Waals surface area contributed by atoms with E-state index in [0.29, 0.717) is 6.42 Å². The van der Waals surface area contributed by atoms with Gasteiger partial charge in [0.05, 0.1) is 11.5 Å². The molecule has 1 saturated carbocycles. The third-order valence-electron chi connectivity index (χ3n) is 2.76. The van der Waals surface area contributed by atoms with Crippen molar-refractivity contribution in [2.75, 3.05) is 11.5 Å². The Morgan fingerprint density at radius 1 is 1.21 bits per heavy atom. The molecule has 1 heterocycles. The van der Waals surface area contributed by atoms with Crippen LogP contribution >= 0.6 is 0 Å². The highest BCUT2D eigenvalue weighted by Crippen LogP contribution is 2.29. The second-order valence-electron chi connectivity index (χ2n) is 4.24. The molecule has 5 heteroatoms. The van der Waals surface area contributed by atoms with E-state index in [1.54, 1.807) is 0 Å². The van der Waals surface area contributed by atoms with Crippen LogP contribution < -0.4 is 5.32 Å². The molecule has 1 unspecified atom stereocenters. The predicted octanol–water partition coefficient (Wildman–Crippen LogP) is 0.0898. The maximum Gasteiger partial charge on any atom is 0.223 e. The average molecular weight is 217 g/mol. The van der Waals surface area contributed by atoms with Crippen molar-refractivity contribution in [3.05, 3.63) is 0 Å². The topological polar surface area (TPSA) is 63.2 Å². The van der Waals surface area contributed by atoms with E-state index in [-0.39, 0.29) is 29.4 Å². The van der Waals surface area contributed by atoms with E-state index in [2.05, 4.69) is 5.32 Å². The zero-order valence-electron chi connectivity index (χ0n) is 8.03. The van der Waals surface area contributed by atoms with Gasteiger partial charge in [-0.05, 0) is 25.7 Å². The van der Waals surface area contributed by atoms with Gasteiger partial charge in [-0.3, -0.25) is 4.79 Å². The molecule has 0 spiro atoms. The van der Waals surface area contributed by atoms with Crippen LogP contribution in [0.15, 0.2) is 0 Å². The van der Waals surface area contributed by atoms with E-state index in [4.69, 9.17) is 0 Å². The first kappa shape index (κ1) is 9.96. The molecule has 0 aromatic rings. The second kappa shape index (κ2) is 3.53. The Hall–Kier alpha value is -0.580. The number of hydrogen-bond acceptors (Lipinski definition) is 3. The predicted molar refractivity (Wildman–Crippen MR) is 52.5 cm³/mol. The summed E-state index contributed by atoms with van der Waals surface area (Å²) in [5, 5.41) is 2.82. The molecule has 14 heavy (non-hydrogen) atoms. The Labute approximate surface area is 84.0 Å². The van der Waals surface area contributed by atoms with E-state index in [9.17, 15) is 13.2 Å². The van der Waals surface area contributed by atoms with Gasteiger partial charge in [0.1, 0.15) is 0 Å². The molecule has 1 atom stereocenters. The van der Waals surface area contributed by atoms with Crippen LogP contribution in [-0.4, -0.2) is 31.9 Å². The largest absolute Gasteiger partial charge is 0.352 e. The number of nitrogens with one attached hydrogen (secondary N) is 1. The van der Waals surface area contributed by atoms with E-state index >= 15 is 0 Å². The lowest BCUT2D eigenvalue weighted by Crippen LogP contribution is -2.43. The Balaban J connectivity index is 1.88. The Morgan fingerprint density at radius 2 is 1.93 bits per heavy atom. The quantitative estimate of drug-likeness (QED) is 0.713. The first-order valence-electron chi connectivity index (χ1n) is 5.08. The number of sulfone groups is 1. The summed E-state index contributed by atoms with van der Waals surface area (Å²) in [5.41, 5.74) is 0. The highest BCUT2D eigenvalue weighted by Gasteiger charge is 2.33. The number of amides is 1. The maximum absolute atomic E-state index is 11.4. The molecule has 0 aromatic carbocycles. The monoisotopic (exact) mass is 217 g/mol. The van der Waals surface area contributed by atoms with Gasteiger partial charge in [0, 0.05) is 12.0 Å². The van der Waals surface area contributed by atoms with E-state index in [0.717, 1.165) is 19.3 Å². The summed E-state index contributed by atoms with van der Waals surface area (Å²) in [6, 6.07) is -0.137. The molecule has 2 fully saturated rings. The van der Waals surface area contributed by atoms with E-state index < -0.39 is 9.84 Å². The van der Waals surface area contributed by atoms with Gasteiger partial charge >= 0.3 is 0 Å². The van der Waals surface area contributed by atoms with Crippen LogP contribution in [0, 0.1) is 5.92 Å². The molecule has 1 saturated heterocycles. The fourth-order valence-electron chi connectivity index (χ4n) is 1.80. The fourth-order valence-corrected chi connectivity index (χ4v) is 3.44. The maximum atomic E-state index is 11.4. The van der Waals surface area contributed by atoms with Crippen LogP contribution in [0.2, 0.25) is 0 Å². The van der Waals surface area contributed by atoms with Gasteiger partial charge in [0.25, 0.3) is 0 Å². The molecule has 1 N–H and O–H groups in total. The summed E-state index contributed by atoms with van der Waals surface area (Å²) in [6.45, 7) is 0. The standard InChI is InChI=1S/C9H15NO3S/c11-9(7-3-4-7)10-8-2-1-5-14(12,13)6-8/h7-8H,1-6H2,(H,10,11). The van der Waals surface area contributed by atoms with Crippen molar-refractivity contribution >= 4 is 15.7 Å². The minimum absolute atomic E-state index is 0.0482. The van der Waals surface area contributed by atoms with Crippen molar-refractivity contribution in [3.63, 3.8) is 0 Å². The van der Waals surface area contributed by atoms with E-state index in [1.165, 1.54) is 0 Å². The summed E-state index contributed by atoms with van der Waals surface area (Å²) >= 11 is 0. The molecule has 0 aromatic heterocycles. The molecule has 80 valence electrons. The molecule has 4 nitrogen and oxygen atoms in total. The molecule has 0 radical (unpaired) electrons. The smallest absolute Gasteiger partial charge is 0.223 e. The van der Waals surface area contributed by atoms with Crippen molar-refractivity contribution < 1.29 is 13.2 Å². The molecule has 1 aliphatic carbocycles. The minimum Gasteiger partial charge on any atom is -0.352 e. The second-order valence-corrected chi connectivity index (χ2v) is 6.47. The number of hydrogen-bond donors (Lipinski definition) is 1. The van der Waals surface area contributed by atoms with Crippen LogP contribution in [0.1, 0.15) is 25.7 Å². The molecular weight excluding hydrogens is 202 g/mol. The van der Waals surface area contributed by atoms with Gasteiger partial charge in [0.15, 0.2) is 9.84 Å². The van der Waals surface area contributed by atoms with Crippen molar-refractivity contribution in [1.29, 1.82) is 0 Å². The van der Waals surface area contributed by atoms with Crippen molar-refractivity contribution in [3.8, 4) is 0 Å². The molecule has 0 bridgehead atoms. The molecule has 1 aliphatic heterocycles. The van der Waals surface area contributed by atoms with Gasteiger partial charge in [-0.25, -0.2) is 8.42 Å². The van der Waals surface area contributed by atoms with Crippen LogP contribution in [0.5, 0.6) is 0 Å². The van der Waals surface area contributed by atoms with Crippen LogP contribution in [0.25, 0.3) is 0 Å². The van der Waals surface area contributed by atoms with Gasteiger partial charge in [-0.2, -0.15) is 0 Å². The summed E-state index contributed by atoms with van der Waals surface area (Å²) in [7, 11) is -2.90. The molecule has 2 rings (SSSR count). The van der Waals surface area contributed by atoms with Gasteiger partial charge in [-0.15, -0.1) is 0 Å². The third-order valence-corrected chi connectivity index (χ3v) is 4.58. The van der Waals surface area contributed by atoms with Crippen LogP contribution in [-0.2, 0) is 14.6 Å². The lowest BCUT2D eigenvalue weighted by molar-refractivity contribution is -0.122. The van der Waals surface area contributed by atoms with Crippen molar-refractivity contribution in [1.82, 2.24) is 5.32 Å². The van der Waals surface area contributed by atoms with Crippen LogP contribution in [0.4, 0.5) is 0 Å².